The number of amides is 1. The predicted octanol–water partition coefficient (Wildman–Crippen LogP) is 3.25. The molecule has 0 bridgehead atoms. The van der Waals surface area contributed by atoms with E-state index in [1.165, 1.54) is 34.6 Å². The van der Waals surface area contributed by atoms with Gasteiger partial charge in [0.25, 0.3) is 5.91 Å². The molecule has 10 heteroatoms. The van der Waals surface area contributed by atoms with E-state index in [0.717, 1.165) is 54.8 Å². The lowest BCUT2D eigenvalue weighted by Crippen LogP contribution is -2.45. The fraction of sp³-hybridized carbons (Fsp3) is 0.400. The van der Waals surface area contributed by atoms with Gasteiger partial charge in [0.05, 0.1) is 20.8 Å². The van der Waals surface area contributed by atoms with Crippen molar-refractivity contribution in [2.45, 2.75) is 26.6 Å². The zero-order valence-corrected chi connectivity index (χ0v) is 21.0. The summed E-state index contributed by atoms with van der Waals surface area (Å²) in [5.41, 5.74) is 3.24. The Kier molecular flexibility index (Phi) is 8.27. The average molecular weight is 500 g/mol. The Morgan fingerprint density at radius 3 is 2.29 bits per heavy atom. The van der Waals surface area contributed by atoms with Gasteiger partial charge in [0, 0.05) is 39.3 Å². The predicted molar refractivity (Wildman–Crippen MR) is 132 cm³/mol. The molecule has 3 aromatic rings. The quantitative estimate of drug-likeness (QED) is 0.484. The maximum Gasteiger partial charge on any atom is 0.282 e. The van der Waals surface area contributed by atoms with Crippen molar-refractivity contribution in [2.75, 3.05) is 40.4 Å². The third kappa shape index (κ3) is 6.53. The molecule has 1 aliphatic rings. The lowest BCUT2D eigenvalue weighted by Gasteiger charge is -2.34. The van der Waals surface area contributed by atoms with E-state index in [4.69, 9.17) is 9.47 Å². The summed E-state index contributed by atoms with van der Waals surface area (Å²) in [5, 5.41) is 12.2. The highest BCUT2D eigenvalue weighted by Gasteiger charge is 2.21. The van der Waals surface area contributed by atoms with Gasteiger partial charge in [0.1, 0.15) is 10.8 Å². The van der Waals surface area contributed by atoms with Gasteiger partial charge in [-0.25, -0.2) is 4.39 Å². The molecule has 0 radical (unpaired) electrons. The van der Waals surface area contributed by atoms with Gasteiger partial charge in [-0.05, 0) is 47.9 Å². The van der Waals surface area contributed by atoms with Crippen molar-refractivity contribution in [1.29, 1.82) is 0 Å². The first kappa shape index (κ1) is 25.0. The van der Waals surface area contributed by atoms with Crippen molar-refractivity contribution in [3.05, 3.63) is 68.9 Å². The minimum absolute atomic E-state index is 0.270. The summed E-state index contributed by atoms with van der Waals surface area (Å²) in [6.45, 7) is 7.65. The summed E-state index contributed by atoms with van der Waals surface area (Å²) >= 11 is 1.31. The molecule has 1 fully saturated rings. The Balaban J connectivity index is 1.25. The van der Waals surface area contributed by atoms with E-state index >= 15 is 0 Å². The van der Waals surface area contributed by atoms with Crippen molar-refractivity contribution in [2.24, 2.45) is 0 Å². The van der Waals surface area contributed by atoms with Crippen molar-refractivity contribution >= 4 is 17.2 Å². The highest BCUT2D eigenvalue weighted by Crippen LogP contribution is 2.31. The van der Waals surface area contributed by atoms with E-state index < -0.39 is 0 Å². The van der Waals surface area contributed by atoms with Gasteiger partial charge in [-0.2, -0.15) is 0 Å². The first-order valence-electron chi connectivity index (χ1n) is 11.5. The molecule has 4 rings (SSSR count). The van der Waals surface area contributed by atoms with Crippen LogP contribution in [0, 0.1) is 12.7 Å². The number of nitrogens with zero attached hydrogens (tertiary/aromatic N) is 4. The summed E-state index contributed by atoms with van der Waals surface area (Å²) < 4.78 is 23.9. The van der Waals surface area contributed by atoms with E-state index in [1.54, 1.807) is 26.4 Å². The average Bonchev–Trinajstić information content (AvgIpc) is 3.34. The van der Waals surface area contributed by atoms with Crippen molar-refractivity contribution in [1.82, 2.24) is 25.3 Å². The van der Waals surface area contributed by atoms with E-state index in [0.29, 0.717) is 18.1 Å². The van der Waals surface area contributed by atoms with Crippen LogP contribution in [0.5, 0.6) is 11.5 Å². The SMILES string of the molecule is COc1cc(C)c(CN2CCN(Cc3nnc(C(=O)NCc4ccc(F)cc4)s3)CC2)cc1OC. The summed E-state index contributed by atoms with van der Waals surface area (Å²) in [5.74, 6) is 0.929. The highest BCUT2D eigenvalue weighted by molar-refractivity contribution is 7.13. The number of rotatable bonds is 9. The van der Waals surface area contributed by atoms with Crippen LogP contribution in [-0.4, -0.2) is 66.3 Å². The number of ether oxygens (including phenoxy) is 2. The Bertz CT molecular complexity index is 1150. The first-order chi connectivity index (χ1) is 16.9. The normalized spacial score (nSPS) is 14.6. The van der Waals surface area contributed by atoms with Crippen LogP contribution in [0.3, 0.4) is 0 Å². The summed E-state index contributed by atoms with van der Waals surface area (Å²) in [6, 6.07) is 10.1. The van der Waals surface area contributed by atoms with Gasteiger partial charge in [0.15, 0.2) is 11.5 Å². The number of aromatic nitrogens is 2. The smallest absolute Gasteiger partial charge is 0.282 e. The molecule has 8 nitrogen and oxygen atoms in total. The molecule has 0 saturated carbocycles. The topological polar surface area (TPSA) is 79.8 Å². The number of hydrogen-bond donors (Lipinski definition) is 1. The molecule has 0 unspecified atom stereocenters. The molecule has 35 heavy (non-hydrogen) atoms. The number of carbonyl (C=O) groups is 1. The number of halogens is 1. The van der Waals surface area contributed by atoms with Crippen LogP contribution >= 0.6 is 11.3 Å². The molecule has 1 saturated heterocycles. The Morgan fingerprint density at radius 2 is 1.63 bits per heavy atom. The molecule has 0 spiro atoms. The van der Waals surface area contributed by atoms with Gasteiger partial charge in [-0.1, -0.05) is 23.5 Å². The second-order valence-corrected chi connectivity index (χ2v) is 9.56. The summed E-state index contributed by atoms with van der Waals surface area (Å²) in [4.78, 5) is 17.2. The Hall–Kier alpha value is -3.08. The molecular formula is C25H30FN5O3S. The second-order valence-electron chi connectivity index (χ2n) is 8.50. The van der Waals surface area contributed by atoms with E-state index in [-0.39, 0.29) is 11.7 Å². The monoisotopic (exact) mass is 499 g/mol. The number of nitrogens with one attached hydrogen (secondary N) is 1. The molecule has 2 heterocycles. The maximum atomic E-state index is 13.0. The summed E-state index contributed by atoms with van der Waals surface area (Å²) in [7, 11) is 3.31. The number of carbonyl (C=O) groups excluding carboxylic acids is 1. The third-order valence-corrected chi connectivity index (χ3v) is 6.99. The largest absolute Gasteiger partial charge is 0.493 e. The molecule has 186 valence electrons. The lowest BCUT2D eigenvalue weighted by atomic mass is 10.1. The van der Waals surface area contributed by atoms with Gasteiger partial charge >= 0.3 is 0 Å². The molecule has 1 N–H and O–H groups in total. The number of piperazine rings is 1. The number of benzene rings is 2. The van der Waals surface area contributed by atoms with Crippen molar-refractivity contribution in [3.63, 3.8) is 0 Å². The third-order valence-electron chi connectivity index (χ3n) is 6.09. The van der Waals surface area contributed by atoms with Crippen LogP contribution < -0.4 is 14.8 Å². The molecule has 1 amide bonds. The van der Waals surface area contributed by atoms with Crippen LogP contribution in [0.1, 0.15) is 31.5 Å². The fourth-order valence-electron chi connectivity index (χ4n) is 4.00. The maximum absolute atomic E-state index is 13.0. The van der Waals surface area contributed by atoms with Crippen molar-refractivity contribution < 1.29 is 18.7 Å². The minimum Gasteiger partial charge on any atom is -0.493 e. The lowest BCUT2D eigenvalue weighted by molar-refractivity contribution is 0.0950. The highest BCUT2D eigenvalue weighted by atomic mass is 32.1. The molecule has 2 aromatic carbocycles. The first-order valence-corrected chi connectivity index (χ1v) is 12.3. The molecular weight excluding hydrogens is 469 g/mol. The van der Waals surface area contributed by atoms with Crippen LogP contribution in [0.2, 0.25) is 0 Å². The number of hydrogen-bond acceptors (Lipinski definition) is 8. The Labute approximate surface area is 208 Å². The standard InChI is InChI=1S/C25H30FN5O3S/c1-17-12-21(33-2)22(34-3)13-19(17)15-30-8-10-31(11-9-30)16-23-28-29-25(35-23)24(32)27-14-18-4-6-20(26)7-5-18/h4-7,12-13H,8-11,14-16H2,1-3H3,(H,27,32). The van der Waals surface area contributed by atoms with E-state index in [1.807, 2.05) is 6.07 Å². The van der Waals surface area contributed by atoms with Crippen LogP contribution in [0.4, 0.5) is 4.39 Å². The van der Waals surface area contributed by atoms with Crippen LogP contribution in [-0.2, 0) is 19.6 Å². The number of methoxy groups -OCH3 is 2. The van der Waals surface area contributed by atoms with E-state index in [2.05, 4.69) is 38.3 Å². The van der Waals surface area contributed by atoms with Crippen molar-refractivity contribution in [3.8, 4) is 11.5 Å². The molecule has 0 aliphatic carbocycles. The zero-order valence-electron chi connectivity index (χ0n) is 20.2. The fourth-order valence-corrected chi connectivity index (χ4v) is 4.80. The van der Waals surface area contributed by atoms with Crippen LogP contribution in [0.25, 0.3) is 0 Å². The van der Waals surface area contributed by atoms with Crippen LogP contribution in [0.15, 0.2) is 36.4 Å². The molecule has 1 aliphatic heterocycles. The minimum atomic E-state index is -0.300. The van der Waals surface area contributed by atoms with Gasteiger partial charge in [-0.3, -0.25) is 14.6 Å². The van der Waals surface area contributed by atoms with Gasteiger partial charge < -0.3 is 14.8 Å². The van der Waals surface area contributed by atoms with Gasteiger partial charge in [0.2, 0.25) is 5.01 Å². The zero-order chi connectivity index (χ0) is 24.8. The second kappa shape index (κ2) is 11.6. The molecule has 1 aromatic heterocycles. The number of aryl methyl sites for hydroxylation is 1. The van der Waals surface area contributed by atoms with E-state index in [9.17, 15) is 9.18 Å². The summed E-state index contributed by atoms with van der Waals surface area (Å²) in [6.07, 6.45) is 0. The Morgan fingerprint density at radius 1 is 1.00 bits per heavy atom. The molecule has 0 atom stereocenters. The van der Waals surface area contributed by atoms with Gasteiger partial charge in [-0.15, -0.1) is 10.2 Å².